The molecule has 1 saturated heterocycles. The lowest BCUT2D eigenvalue weighted by Gasteiger charge is -2.32. The molecule has 0 spiro atoms. The first-order valence-corrected chi connectivity index (χ1v) is 7.12. The van der Waals surface area contributed by atoms with Crippen molar-refractivity contribution in [2.24, 2.45) is 0 Å². The zero-order valence-corrected chi connectivity index (χ0v) is 10.2. The number of hydrogen-bond donors (Lipinski definition) is 0. The van der Waals surface area contributed by atoms with Crippen LogP contribution in [0.15, 0.2) is 0 Å². The predicted octanol–water partition coefficient (Wildman–Crippen LogP) is 0.393. The molecule has 1 atom stereocenters. The Morgan fingerprint density at radius 1 is 1.14 bits per heavy atom. The van der Waals surface area contributed by atoms with Crippen LogP contribution in [-0.4, -0.2) is 65.8 Å². The second-order valence-electron chi connectivity index (χ2n) is 4.13. The average molecular weight is 218 g/mol. The maximum atomic E-state index is 10.8. The minimum atomic E-state index is -0.604. The number of nitrogens with zero attached hydrogens (tertiary/aromatic N) is 2. The molecule has 0 amide bonds. The van der Waals surface area contributed by atoms with E-state index in [1.807, 2.05) is 0 Å². The average Bonchev–Trinajstić information content (AvgIpc) is 2.15. The molecular formula is C10H22N2OS. The van der Waals surface area contributed by atoms with Crippen molar-refractivity contribution in [3.63, 3.8) is 0 Å². The summed E-state index contributed by atoms with van der Waals surface area (Å²) >= 11 is 0. The van der Waals surface area contributed by atoms with Crippen LogP contribution in [0.5, 0.6) is 0 Å². The third kappa shape index (κ3) is 5.08. The Morgan fingerprint density at radius 3 is 2.36 bits per heavy atom. The van der Waals surface area contributed by atoms with E-state index >= 15 is 0 Å². The molecule has 0 aromatic carbocycles. The van der Waals surface area contributed by atoms with Crippen LogP contribution >= 0.6 is 0 Å². The van der Waals surface area contributed by atoms with E-state index in [0.717, 1.165) is 12.2 Å². The molecule has 0 aliphatic carbocycles. The quantitative estimate of drug-likeness (QED) is 0.624. The smallest absolute Gasteiger partial charge is 0.0232 e. The third-order valence-corrected chi connectivity index (χ3v) is 3.62. The first-order chi connectivity index (χ1) is 6.68. The second kappa shape index (κ2) is 6.53. The van der Waals surface area contributed by atoms with Crippen LogP contribution in [0, 0.1) is 0 Å². The zero-order valence-electron chi connectivity index (χ0n) is 9.37. The van der Waals surface area contributed by atoms with Crippen LogP contribution in [0.3, 0.4) is 0 Å². The fourth-order valence-electron chi connectivity index (χ4n) is 1.71. The van der Waals surface area contributed by atoms with Crippen molar-refractivity contribution in [3.8, 4) is 0 Å². The third-order valence-electron chi connectivity index (χ3n) is 2.75. The van der Waals surface area contributed by atoms with Crippen molar-refractivity contribution in [1.82, 2.24) is 9.80 Å². The maximum absolute atomic E-state index is 10.8. The van der Waals surface area contributed by atoms with Gasteiger partial charge in [-0.05, 0) is 26.4 Å². The van der Waals surface area contributed by atoms with Crippen molar-refractivity contribution >= 4 is 10.8 Å². The highest BCUT2D eigenvalue weighted by molar-refractivity contribution is 7.84. The van der Waals surface area contributed by atoms with Gasteiger partial charge in [-0.2, -0.15) is 0 Å². The van der Waals surface area contributed by atoms with E-state index in [9.17, 15) is 4.21 Å². The van der Waals surface area contributed by atoms with Gasteiger partial charge in [-0.25, -0.2) is 0 Å². The van der Waals surface area contributed by atoms with E-state index < -0.39 is 10.8 Å². The Balaban J connectivity index is 1.99. The predicted molar refractivity (Wildman–Crippen MR) is 62.1 cm³/mol. The standard InChI is InChI=1S/C10H22N2OS/c1-11-6-8-12(9-7-11)5-3-4-10-14(2)13/h3-10H2,1-2H3. The van der Waals surface area contributed by atoms with Crippen LogP contribution < -0.4 is 0 Å². The monoisotopic (exact) mass is 218 g/mol. The molecule has 1 aliphatic heterocycles. The van der Waals surface area contributed by atoms with Gasteiger partial charge in [0.25, 0.3) is 0 Å². The summed E-state index contributed by atoms with van der Waals surface area (Å²) in [5.74, 6) is 0.869. The molecule has 14 heavy (non-hydrogen) atoms. The topological polar surface area (TPSA) is 23.6 Å². The van der Waals surface area contributed by atoms with Gasteiger partial charge >= 0.3 is 0 Å². The summed E-state index contributed by atoms with van der Waals surface area (Å²) in [7, 11) is 1.57. The van der Waals surface area contributed by atoms with E-state index in [0.29, 0.717) is 0 Å². The highest BCUT2D eigenvalue weighted by atomic mass is 32.2. The van der Waals surface area contributed by atoms with Gasteiger partial charge in [0.2, 0.25) is 0 Å². The molecule has 4 heteroatoms. The summed E-state index contributed by atoms with van der Waals surface area (Å²) in [6, 6.07) is 0. The van der Waals surface area contributed by atoms with Crippen LogP contribution in [0.2, 0.25) is 0 Å². The fourth-order valence-corrected chi connectivity index (χ4v) is 2.32. The summed E-state index contributed by atoms with van der Waals surface area (Å²) in [5.41, 5.74) is 0. The Morgan fingerprint density at radius 2 is 1.79 bits per heavy atom. The number of hydrogen-bond acceptors (Lipinski definition) is 3. The number of likely N-dealkylation sites (N-methyl/N-ethyl adjacent to an activating group) is 1. The lowest BCUT2D eigenvalue weighted by atomic mass is 10.2. The van der Waals surface area contributed by atoms with Gasteiger partial charge in [0.1, 0.15) is 0 Å². The summed E-state index contributed by atoms with van der Waals surface area (Å²) in [6.07, 6.45) is 4.09. The summed E-state index contributed by atoms with van der Waals surface area (Å²) in [6.45, 7) is 5.97. The van der Waals surface area contributed by atoms with Gasteiger partial charge < -0.3 is 9.80 Å². The van der Waals surface area contributed by atoms with Crippen LogP contribution in [-0.2, 0) is 10.8 Å². The van der Waals surface area contributed by atoms with Gasteiger partial charge in [-0.1, -0.05) is 0 Å². The lowest BCUT2D eigenvalue weighted by Crippen LogP contribution is -2.44. The van der Waals surface area contributed by atoms with E-state index in [1.54, 1.807) is 6.26 Å². The Kier molecular flexibility index (Phi) is 5.67. The molecule has 0 aromatic heterocycles. The van der Waals surface area contributed by atoms with Crippen molar-refractivity contribution in [1.29, 1.82) is 0 Å². The molecule has 1 fully saturated rings. The van der Waals surface area contributed by atoms with Gasteiger partial charge in [-0.3, -0.25) is 4.21 Å². The highest BCUT2D eigenvalue weighted by Crippen LogP contribution is 2.01. The zero-order chi connectivity index (χ0) is 10.4. The second-order valence-corrected chi connectivity index (χ2v) is 5.68. The van der Waals surface area contributed by atoms with Gasteiger partial charge in [0, 0.05) is 49.0 Å². The maximum Gasteiger partial charge on any atom is 0.0232 e. The molecule has 0 bridgehead atoms. The minimum Gasteiger partial charge on any atom is -0.304 e. The number of piperazine rings is 1. The molecule has 0 aromatic rings. The molecule has 0 N–H and O–H groups in total. The minimum absolute atomic E-state index is 0.604. The van der Waals surface area contributed by atoms with E-state index in [2.05, 4.69) is 16.8 Å². The molecule has 1 unspecified atom stereocenters. The Bertz CT molecular complexity index is 179. The Hall–Kier alpha value is 0.0700. The first-order valence-electron chi connectivity index (χ1n) is 5.39. The van der Waals surface area contributed by atoms with Gasteiger partial charge in [-0.15, -0.1) is 0 Å². The van der Waals surface area contributed by atoms with Crippen LogP contribution in [0.1, 0.15) is 12.8 Å². The van der Waals surface area contributed by atoms with Gasteiger partial charge in [0.05, 0.1) is 0 Å². The first kappa shape index (κ1) is 12.1. The Labute approximate surface area is 89.9 Å². The van der Waals surface area contributed by atoms with Crippen molar-refractivity contribution in [2.75, 3.05) is 51.8 Å². The molecule has 1 heterocycles. The van der Waals surface area contributed by atoms with E-state index in [-0.39, 0.29) is 0 Å². The molecule has 1 aliphatic rings. The SMILES string of the molecule is CN1CCN(CCCCS(C)=O)CC1. The van der Waals surface area contributed by atoms with E-state index in [4.69, 9.17) is 0 Å². The number of rotatable bonds is 5. The van der Waals surface area contributed by atoms with Crippen LogP contribution in [0.25, 0.3) is 0 Å². The van der Waals surface area contributed by atoms with Crippen LogP contribution in [0.4, 0.5) is 0 Å². The molecule has 84 valence electrons. The van der Waals surface area contributed by atoms with Gasteiger partial charge in [0.15, 0.2) is 0 Å². The highest BCUT2D eigenvalue weighted by Gasteiger charge is 2.12. The fraction of sp³-hybridized carbons (Fsp3) is 1.00. The molecular weight excluding hydrogens is 196 g/mol. The lowest BCUT2D eigenvalue weighted by molar-refractivity contribution is 0.152. The van der Waals surface area contributed by atoms with Crippen molar-refractivity contribution in [3.05, 3.63) is 0 Å². The van der Waals surface area contributed by atoms with Crippen molar-refractivity contribution < 1.29 is 4.21 Å². The molecule has 3 nitrogen and oxygen atoms in total. The van der Waals surface area contributed by atoms with Crippen molar-refractivity contribution in [2.45, 2.75) is 12.8 Å². The largest absolute Gasteiger partial charge is 0.304 e. The summed E-state index contributed by atoms with van der Waals surface area (Å²) < 4.78 is 10.8. The van der Waals surface area contributed by atoms with E-state index in [1.165, 1.54) is 39.1 Å². The summed E-state index contributed by atoms with van der Waals surface area (Å²) in [5, 5.41) is 0. The normalized spacial score (nSPS) is 22.4. The number of unbranched alkanes of at least 4 members (excludes halogenated alkanes) is 1. The molecule has 1 rings (SSSR count). The molecule has 0 radical (unpaired) electrons. The molecule has 0 saturated carbocycles. The summed E-state index contributed by atoms with van der Waals surface area (Å²) in [4.78, 5) is 4.89.